The molecule has 1 atom stereocenters. The third-order valence-electron chi connectivity index (χ3n) is 2.58. The predicted octanol–water partition coefficient (Wildman–Crippen LogP) is 2.90. The first-order valence-corrected chi connectivity index (χ1v) is 8.70. The first kappa shape index (κ1) is 14.4. The Morgan fingerprint density at radius 3 is 2.89 bits per heavy atom. The molecule has 0 saturated carbocycles. The van der Waals surface area contributed by atoms with Gasteiger partial charge in [-0.3, -0.25) is 4.79 Å². The second-order valence-corrected chi connectivity index (χ2v) is 6.92. The highest BCUT2D eigenvalue weighted by molar-refractivity contribution is 7.98. The first-order chi connectivity index (χ1) is 9.11. The molecule has 2 aromatic rings. The lowest BCUT2D eigenvalue weighted by Crippen LogP contribution is -2.40. The topological polar surface area (TPSA) is 66.4 Å². The average molecular weight is 315 g/mol. The van der Waals surface area contributed by atoms with Gasteiger partial charge >= 0.3 is 5.97 Å². The number of hydrogen-bond donors (Lipinski definition) is 2. The molecule has 1 amide bonds. The minimum atomic E-state index is -0.985. The van der Waals surface area contributed by atoms with Crippen molar-refractivity contribution < 1.29 is 14.7 Å². The molecule has 2 aromatic heterocycles. The Balaban J connectivity index is 2.06. The lowest BCUT2D eigenvalue weighted by molar-refractivity contribution is -0.139. The van der Waals surface area contributed by atoms with Crippen LogP contribution in [-0.2, 0) is 4.79 Å². The summed E-state index contributed by atoms with van der Waals surface area (Å²) in [5, 5.41) is 13.6. The average Bonchev–Trinajstić information content (AvgIpc) is 2.94. The van der Waals surface area contributed by atoms with E-state index in [9.17, 15) is 9.59 Å². The smallest absolute Gasteiger partial charge is 0.326 e. The van der Waals surface area contributed by atoms with E-state index in [1.807, 2.05) is 23.8 Å². The molecule has 102 valence electrons. The number of carbonyl (C=O) groups excluding carboxylic acids is 1. The van der Waals surface area contributed by atoms with Gasteiger partial charge in [0, 0.05) is 9.40 Å². The summed E-state index contributed by atoms with van der Waals surface area (Å²) in [4.78, 5) is 23.7. The van der Waals surface area contributed by atoms with Gasteiger partial charge in [0.15, 0.2) is 0 Å². The second kappa shape index (κ2) is 6.40. The summed E-state index contributed by atoms with van der Waals surface area (Å²) in [6, 6.07) is 2.96. The monoisotopic (exact) mass is 315 g/mol. The van der Waals surface area contributed by atoms with Crippen molar-refractivity contribution in [3.63, 3.8) is 0 Å². The van der Waals surface area contributed by atoms with E-state index in [0.717, 1.165) is 9.40 Å². The molecular formula is C12H13NO3S3. The molecular weight excluding hydrogens is 302 g/mol. The Morgan fingerprint density at radius 2 is 2.26 bits per heavy atom. The number of carboxylic acids is 1. The van der Waals surface area contributed by atoms with Crippen LogP contribution >= 0.6 is 34.4 Å². The van der Waals surface area contributed by atoms with Crippen LogP contribution in [0.25, 0.3) is 9.40 Å². The summed E-state index contributed by atoms with van der Waals surface area (Å²) in [7, 11) is 0. The van der Waals surface area contributed by atoms with Crippen LogP contribution < -0.4 is 5.32 Å². The minimum absolute atomic E-state index is 0.304. The van der Waals surface area contributed by atoms with Gasteiger partial charge in [-0.2, -0.15) is 11.8 Å². The van der Waals surface area contributed by atoms with E-state index in [1.54, 1.807) is 23.1 Å². The number of fused-ring (bicyclic) bond motifs is 1. The molecule has 0 saturated heterocycles. The summed E-state index contributed by atoms with van der Waals surface area (Å²) in [6.07, 6.45) is 2.34. The van der Waals surface area contributed by atoms with Crippen molar-refractivity contribution in [2.24, 2.45) is 0 Å². The predicted molar refractivity (Wildman–Crippen MR) is 81.6 cm³/mol. The molecule has 2 rings (SSSR count). The zero-order valence-corrected chi connectivity index (χ0v) is 12.7. The highest BCUT2D eigenvalue weighted by Gasteiger charge is 2.21. The third-order valence-corrected chi connectivity index (χ3v) is 5.31. The van der Waals surface area contributed by atoms with Gasteiger partial charge in [0.1, 0.15) is 6.04 Å². The van der Waals surface area contributed by atoms with Crippen molar-refractivity contribution in [2.75, 3.05) is 12.0 Å². The van der Waals surface area contributed by atoms with E-state index < -0.39 is 12.0 Å². The number of hydrogen-bond acceptors (Lipinski definition) is 5. The molecule has 0 fully saturated rings. The summed E-state index contributed by atoms with van der Waals surface area (Å²) < 4.78 is 2.12. The molecule has 19 heavy (non-hydrogen) atoms. The fraction of sp³-hybridized carbons (Fsp3) is 0.333. The van der Waals surface area contributed by atoms with Gasteiger partial charge in [-0.15, -0.1) is 22.7 Å². The molecule has 0 aliphatic carbocycles. The van der Waals surface area contributed by atoms with Gasteiger partial charge in [0.25, 0.3) is 5.91 Å². The maximum absolute atomic E-state index is 12.0. The van der Waals surface area contributed by atoms with Crippen LogP contribution in [0.15, 0.2) is 17.5 Å². The number of carboxylic acid groups (broad SMARTS) is 1. The van der Waals surface area contributed by atoms with Gasteiger partial charge in [0.2, 0.25) is 0 Å². The number of rotatable bonds is 6. The maximum atomic E-state index is 12.0. The molecule has 2 N–H and O–H groups in total. The third kappa shape index (κ3) is 3.49. The maximum Gasteiger partial charge on any atom is 0.326 e. The zero-order chi connectivity index (χ0) is 13.8. The molecule has 0 bridgehead atoms. The number of carbonyl (C=O) groups is 2. The number of amides is 1. The van der Waals surface area contributed by atoms with Crippen molar-refractivity contribution >= 4 is 55.7 Å². The van der Waals surface area contributed by atoms with Gasteiger partial charge in [-0.25, -0.2) is 4.79 Å². The number of aliphatic carboxylic acids is 1. The van der Waals surface area contributed by atoms with Crippen LogP contribution in [0, 0.1) is 0 Å². The van der Waals surface area contributed by atoms with E-state index in [2.05, 4.69) is 5.32 Å². The molecule has 7 heteroatoms. The second-order valence-electron chi connectivity index (χ2n) is 3.91. The fourth-order valence-electron chi connectivity index (χ4n) is 1.60. The van der Waals surface area contributed by atoms with Crippen molar-refractivity contribution in [2.45, 2.75) is 12.5 Å². The number of thioether (sulfide) groups is 1. The lowest BCUT2D eigenvalue weighted by Gasteiger charge is -2.12. The number of thiophene rings is 2. The van der Waals surface area contributed by atoms with Crippen LogP contribution in [0.4, 0.5) is 0 Å². The Morgan fingerprint density at radius 1 is 1.47 bits per heavy atom. The minimum Gasteiger partial charge on any atom is -0.480 e. The Kier molecular flexibility index (Phi) is 4.84. The van der Waals surface area contributed by atoms with E-state index in [4.69, 9.17) is 5.11 Å². The van der Waals surface area contributed by atoms with Gasteiger partial charge < -0.3 is 10.4 Å². The summed E-state index contributed by atoms with van der Waals surface area (Å²) in [5.41, 5.74) is 0. The van der Waals surface area contributed by atoms with Crippen LogP contribution in [0.3, 0.4) is 0 Å². The van der Waals surface area contributed by atoms with Crippen LogP contribution in [0.1, 0.15) is 16.1 Å². The zero-order valence-electron chi connectivity index (χ0n) is 10.2. The molecule has 0 unspecified atom stereocenters. The van der Waals surface area contributed by atoms with Crippen molar-refractivity contribution in [3.8, 4) is 0 Å². The van der Waals surface area contributed by atoms with E-state index >= 15 is 0 Å². The summed E-state index contributed by atoms with van der Waals surface area (Å²) >= 11 is 4.53. The molecule has 0 aromatic carbocycles. The molecule has 2 heterocycles. The van der Waals surface area contributed by atoms with E-state index in [0.29, 0.717) is 17.1 Å². The van der Waals surface area contributed by atoms with E-state index in [-0.39, 0.29) is 5.91 Å². The van der Waals surface area contributed by atoms with Crippen LogP contribution in [0.2, 0.25) is 0 Å². The Labute approximate surface area is 122 Å². The van der Waals surface area contributed by atoms with Crippen LogP contribution in [-0.4, -0.2) is 35.0 Å². The number of nitrogens with one attached hydrogen (secondary N) is 1. The van der Waals surface area contributed by atoms with Crippen molar-refractivity contribution in [3.05, 3.63) is 22.4 Å². The highest BCUT2D eigenvalue weighted by Crippen LogP contribution is 2.29. The summed E-state index contributed by atoms with van der Waals surface area (Å²) in [5.74, 6) is -0.584. The molecule has 0 spiro atoms. The van der Waals surface area contributed by atoms with E-state index in [1.165, 1.54) is 11.3 Å². The SMILES string of the molecule is CSCC[C@H](NC(=O)c1cc2sccc2s1)C(=O)O. The first-order valence-electron chi connectivity index (χ1n) is 5.61. The molecule has 0 radical (unpaired) electrons. The fourth-order valence-corrected chi connectivity index (χ4v) is 4.08. The molecule has 4 nitrogen and oxygen atoms in total. The normalized spacial score (nSPS) is 12.5. The van der Waals surface area contributed by atoms with Gasteiger partial charge in [-0.1, -0.05) is 0 Å². The van der Waals surface area contributed by atoms with Crippen molar-refractivity contribution in [1.29, 1.82) is 0 Å². The van der Waals surface area contributed by atoms with Crippen LogP contribution in [0.5, 0.6) is 0 Å². The lowest BCUT2D eigenvalue weighted by atomic mass is 10.2. The Bertz CT molecular complexity index is 561. The van der Waals surface area contributed by atoms with Gasteiger partial charge in [-0.05, 0) is 35.9 Å². The Hall–Kier alpha value is -1.05. The van der Waals surface area contributed by atoms with Crippen molar-refractivity contribution in [1.82, 2.24) is 5.32 Å². The molecule has 0 aliphatic heterocycles. The molecule has 0 aliphatic rings. The highest BCUT2D eigenvalue weighted by atomic mass is 32.2. The summed E-state index contributed by atoms with van der Waals surface area (Å²) in [6.45, 7) is 0. The standard InChI is InChI=1S/C12H13NO3S3/c1-17-4-2-7(12(15)16)13-11(14)10-6-9-8(19-10)3-5-18-9/h3,5-7H,2,4H2,1H3,(H,13,14)(H,15,16)/t7-/m0/s1. The van der Waals surface area contributed by atoms with Gasteiger partial charge in [0.05, 0.1) is 4.88 Å². The largest absolute Gasteiger partial charge is 0.480 e. The quantitative estimate of drug-likeness (QED) is 0.860.